The van der Waals surface area contributed by atoms with Crippen molar-refractivity contribution in [3.05, 3.63) is 116 Å². The Morgan fingerprint density at radius 1 is 0.966 bits per heavy atom. The molecule has 5 rings (SSSR count). The number of nitro groups is 1. The molecule has 3 aromatic carbocycles. The van der Waals surface area contributed by atoms with Gasteiger partial charge < -0.3 is 4.98 Å². The average molecular weight is 380 g/mol. The monoisotopic (exact) mass is 380 g/mol. The number of aryl methyl sites for hydroxylation is 1. The van der Waals surface area contributed by atoms with Crippen LogP contribution >= 0.6 is 0 Å². The lowest BCUT2D eigenvalue weighted by Gasteiger charge is -2.15. The summed E-state index contributed by atoms with van der Waals surface area (Å²) in [6, 6.07) is 24.5. The maximum atomic E-state index is 11.6. The van der Waals surface area contributed by atoms with Crippen molar-refractivity contribution in [1.82, 2.24) is 4.98 Å². The molecule has 1 aromatic heterocycles. The molecule has 4 heteroatoms. The molecule has 0 bridgehead atoms. The first-order valence-electron chi connectivity index (χ1n) is 9.72. The van der Waals surface area contributed by atoms with E-state index >= 15 is 0 Å². The number of rotatable bonds is 3. The van der Waals surface area contributed by atoms with Crippen molar-refractivity contribution >= 4 is 22.6 Å². The predicted octanol–water partition coefficient (Wildman–Crippen LogP) is 5.79. The number of fused-ring (bicyclic) bond motifs is 4. The van der Waals surface area contributed by atoms with Gasteiger partial charge >= 0.3 is 0 Å². The van der Waals surface area contributed by atoms with Crippen molar-refractivity contribution in [3.8, 4) is 0 Å². The Morgan fingerprint density at radius 2 is 1.69 bits per heavy atom. The summed E-state index contributed by atoms with van der Waals surface area (Å²) >= 11 is 0. The number of aromatic nitrogens is 1. The quantitative estimate of drug-likeness (QED) is 0.361. The third kappa shape index (κ3) is 2.93. The molecule has 0 spiro atoms. The summed E-state index contributed by atoms with van der Waals surface area (Å²) in [5, 5.41) is 12.7. The van der Waals surface area contributed by atoms with E-state index in [2.05, 4.69) is 48.3 Å². The second kappa shape index (κ2) is 6.74. The number of hydrogen-bond acceptors (Lipinski definition) is 2. The highest BCUT2D eigenvalue weighted by Gasteiger charge is 2.31. The van der Waals surface area contributed by atoms with Gasteiger partial charge in [0.05, 0.1) is 11.6 Å². The molecule has 0 aliphatic heterocycles. The van der Waals surface area contributed by atoms with Crippen molar-refractivity contribution in [2.75, 3.05) is 6.54 Å². The van der Waals surface area contributed by atoms with Gasteiger partial charge in [0.1, 0.15) is 0 Å². The smallest absolute Gasteiger partial charge is 0.214 e. The van der Waals surface area contributed by atoms with Crippen LogP contribution in [0.4, 0.5) is 0 Å². The first-order valence-corrected chi connectivity index (χ1v) is 9.72. The number of hydrogen-bond donors (Lipinski definition) is 1. The Kier molecular flexibility index (Phi) is 4.06. The second-order valence-corrected chi connectivity index (χ2v) is 7.58. The van der Waals surface area contributed by atoms with E-state index in [0.29, 0.717) is 0 Å². The van der Waals surface area contributed by atoms with E-state index in [0.717, 1.165) is 44.4 Å². The largest absolute Gasteiger partial charge is 0.354 e. The summed E-state index contributed by atoms with van der Waals surface area (Å²) in [6.45, 7) is 1.93. The molecule has 1 heterocycles. The van der Waals surface area contributed by atoms with Crippen LogP contribution in [-0.4, -0.2) is 16.5 Å². The Morgan fingerprint density at radius 3 is 2.48 bits per heavy atom. The first-order chi connectivity index (χ1) is 14.1. The normalized spacial score (nSPS) is 15.3. The Balaban J connectivity index is 1.86. The van der Waals surface area contributed by atoms with Crippen LogP contribution in [0.2, 0.25) is 0 Å². The van der Waals surface area contributed by atoms with Crippen LogP contribution in [0.3, 0.4) is 0 Å². The van der Waals surface area contributed by atoms with E-state index in [1.807, 2.05) is 42.5 Å². The molecular formula is C25H20N2O2. The van der Waals surface area contributed by atoms with Gasteiger partial charge in [0.25, 0.3) is 0 Å². The molecule has 1 aliphatic carbocycles. The summed E-state index contributed by atoms with van der Waals surface area (Å²) in [5.74, 6) is -0.313. The fourth-order valence-electron chi connectivity index (χ4n) is 4.38. The molecule has 0 radical (unpaired) electrons. The van der Waals surface area contributed by atoms with Crippen molar-refractivity contribution in [2.45, 2.75) is 12.8 Å². The molecule has 142 valence electrons. The van der Waals surface area contributed by atoms with Gasteiger partial charge in [-0.15, -0.1) is 0 Å². The molecule has 0 saturated heterocycles. The molecule has 4 nitrogen and oxygen atoms in total. The zero-order valence-electron chi connectivity index (χ0n) is 16.1. The number of aromatic amines is 1. The van der Waals surface area contributed by atoms with Crippen LogP contribution in [0, 0.1) is 17.0 Å². The van der Waals surface area contributed by atoms with Crippen molar-refractivity contribution in [2.24, 2.45) is 0 Å². The summed E-state index contributed by atoms with van der Waals surface area (Å²) < 4.78 is 0. The van der Waals surface area contributed by atoms with Gasteiger partial charge in [-0.3, -0.25) is 10.1 Å². The number of nitrogens with zero attached hydrogens (tertiary/aromatic N) is 1. The van der Waals surface area contributed by atoms with E-state index in [-0.39, 0.29) is 17.4 Å². The topological polar surface area (TPSA) is 58.9 Å². The minimum atomic E-state index is -0.313. The number of nitrogens with one attached hydrogen (secondary N) is 1. The highest BCUT2D eigenvalue weighted by molar-refractivity contribution is 6.00. The third-order valence-corrected chi connectivity index (χ3v) is 5.73. The van der Waals surface area contributed by atoms with Gasteiger partial charge in [-0.2, -0.15) is 0 Å². The molecule has 1 atom stereocenters. The van der Waals surface area contributed by atoms with E-state index in [9.17, 15) is 10.1 Å². The molecule has 4 aromatic rings. The Labute approximate surface area is 168 Å². The molecule has 29 heavy (non-hydrogen) atoms. The molecule has 1 N–H and O–H groups in total. The number of para-hydroxylation sites is 1. The van der Waals surface area contributed by atoms with Crippen LogP contribution in [0.15, 0.2) is 72.8 Å². The summed E-state index contributed by atoms with van der Waals surface area (Å²) in [7, 11) is 0. The first kappa shape index (κ1) is 17.4. The Hall–Kier alpha value is -3.66. The fourth-order valence-corrected chi connectivity index (χ4v) is 4.38. The van der Waals surface area contributed by atoms with E-state index in [1.165, 1.54) is 5.56 Å². The maximum absolute atomic E-state index is 11.6. The molecular weight excluding hydrogens is 360 g/mol. The van der Waals surface area contributed by atoms with Crippen molar-refractivity contribution in [3.63, 3.8) is 0 Å². The van der Waals surface area contributed by atoms with Crippen molar-refractivity contribution in [1.29, 1.82) is 0 Å². The zero-order chi connectivity index (χ0) is 20.0. The van der Waals surface area contributed by atoms with Crippen LogP contribution in [0.5, 0.6) is 0 Å². The zero-order valence-corrected chi connectivity index (χ0v) is 16.1. The summed E-state index contributed by atoms with van der Waals surface area (Å²) in [6.07, 6.45) is 2.16. The summed E-state index contributed by atoms with van der Waals surface area (Å²) in [5.41, 5.74) is 8.37. The van der Waals surface area contributed by atoms with Crippen LogP contribution < -0.4 is 0 Å². The molecule has 1 aliphatic rings. The van der Waals surface area contributed by atoms with Crippen LogP contribution in [0.1, 0.15) is 39.4 Å². The minimum absolute atomic E-state index is 0.138. The molecule has 0 fully saturated rings. The van der Waals surface area contributed by atoms with Crippen LogP contribution in [0.25, 0.3) is 22.6 Å². The fraction of sp³-hybridized carbons (Fsp3) is 0.120. The lowest BCUT2D eigenvalue weighted by atomic mass is 9.87. The molecule has 0 saturated carbocycles. The third-order valence-electron chi connectivity index (χ3n) is 5.73. The van der Waals surface area contributed by atoms with Crippen molar-refractivity contribution < 1.29 is 4.92 Å². The highest BCUT2D eigenvalue weighted by atomic mass is 16.6. The van der Waals surface area contributed by atoms with Gasteiger partial charge in [-0.05, 0) is 41.3 Å². The van der Waals surface area contributed by atoms with Gasteiger partial charge in [-0.1, -0.05) is 72.3 Å². The van der Waals surface area contributed by atoms with E-state index in [4.69, 9.17) is 0 Å². The lowest BCUT2D eigenvalue weighted by molar-refractivity contribution is -0.481. The lowest BCUT2D eigenvalue weighted by Crippen LogP contribution is -2.15. The summed E-state index contributed by atoms with van der Waals surface area (Å²) in [4.78, 5) is 15.0. The van der Waals surface area contributed by atoms with Gasteiger partial charge in [0.15, 0.2) is 0 Å². The van der Waals surface area contributed by atoms with Crippen LogP contribution in [-0.2, 0) is 0 Å². The average Bonchev–Trinajstić information content (AvgIpc) is 3.04. The highest BCUT2D eigenvalue weighted by Crippen LogP contribution is 2.43. The SMILES string of the molecule is Cc1ccc(C2=Cc3ccccc3C(C[N+](=O)[O-])c3c2[nH]c2ccccc32)cc1. The standard InChI is InChI=1S/C25H20N2O2/c1-16-10-12-17(13-11-16)21-14-18-6-2-3-7-19(18)22(15-27(28)29)24-20-8-4-5-9-23(20)26-25(21)24/h2-14,22,26H,15H2,1H3. The second-order valence-electron chi connectivity index (χ2n) is 7.58. The van der Waals surface area contributed by atoms with Gasteiger partial charge in [0, 0.05) is 21.4 Å². The molecule has 0 amide bonds. The minimum Gasteiger partial charge on any atom is -0.354 e. The van der Waals surface area contributed by atoms with E-state index in [1.54, 1.807) is 0 Å². The Bertz CT molecular complexity index is 1270. The van der Waals surface area contributed by atoms with Gasteiger partial charge in [0.2, 0.25) is 6.54 Å². The molecule has 1 unspecified atom stereocenters. The maximum Gasteiger partial charge on any atom is 0.214 e. The van der Waals surface area contributed by atoms with E-state index < -0.39 is 0 Å². The number of benzene rings is 3. The number of H-pyrrole nitrogens is 1. The predicted molar refractivity (Wildman–Crippen MR) is 117 cm³/mol. The van der Waals surface area contributed by atoms with Gasteiger partial charge in [-0.25, -0.2) is 0 Å².